The summed E-state index contributed by atoms with van der Waals surface area (Å²) in [4.78, 5) is 34.1. The first kappa shape index (κ1) is 15.0. The van der Waals surface area contributed by atoms with Crippen molar-refractivity contribution in [1.82, 2.24) is 0 Å². The van der Waals surface area contributed by atoms with Crippen LogP contribution in [0.4, 0.5) is 5.69 Å². The first-order chi connectivity index (χ1) is 9.90. The van der Waals surface area contributed by atoms with E-state index in [9.17, 15) is 14.4 Å². The summed E-state index contributed by atoms with van der Waals surface area (Å²) in [7, 11) is 0. The number of hydrogen-bond donors (Lipinski definition) is 3. The molecule has 2 rings (SSSR count). The number of nitrogens with one attached hydrogen (secondary N) is 1. The SMILES string of the molecule is Cc1c(NC(=O)C2CCC(C(=O)O)C2)cccc1C(=O)O. The molecule has 1 fully saturated rings. The van der Waals surface area contributed by atoms with E-state index in [4.69, 9.17) is 10.2 Å². The maximum atomic E-state index is 12.2. The lowest BCUT2D eigenvalue weighted by Crippen LogP contribution is -2.22. The van der Waals surface area contributed by atoms with Crippen LogP contribution >= 0.6 is 0 Å². The Morgan fingerprint density at radius 3 is 2.38 bits per heavy atom. The third kappa shape index (κ3) is 3.21. The molecule has 1 saturated carbocycles. The van der Waals surface area contributed by atoms with E-state index in [0.717, 1.165) is 0 Å². The number of aromatic carboxylic acids is 1. The fraction of sp³-hybridized carbons (Fsp3) is 0.400. The molecule has 2 atom stereocenters. The van der Waals surface area contributed by atoms with E-state index >= 15 is 0 Å². The van der Waals surface area contributed by atoms with E-state index in [1.807, 2.05) is 0 Å². The second kappa shape index (κ2) is 5.95. The quantitative estimate of drug-likeness (QED) is 0.788. The maximum Gasteiger partial charge on any atom is 0.336 e. The summed E-state index contributed by atoms with van der Waals surface area (Å²) < 4.78 is 0. The molecule has 0 radical (unpaired) electrons. The van der Waals surface area contributed by atoms with Gasteiger partial charge in [-0.05, 0) is 43.9 Å². The average Bonchev–Trinajstić information content (AvgIpc) is 2.90. The van der Waals surface area contributed by atoms with Gasteiger partial charge in [-0.2, -0.15) is 0 Å². The normalized spacial score (nSPS) is 21.0. The highest BCUT2D eigenvalue weighted by Crippen LogP contribution is 2.32. The Labute approximate surface area is 121 Å². The molecule has 0 saturated heterocycles. The Morgan fingerprint density at radius 2 is 1.81 bits per heavy atom. The Kier molecular flexibility index (Phi) is 4.26. The van der Waals surface area contributed by atoms with E-state index in [0.29, 0.717) is 30.5 Å². The predicted octanol–water partition coefficient (Wildman–Crippen LogP) is 2.13. The second-order valence-electron chi connectivity index (χ2n) is 5.32. The van der Waals surface area contributed by atoms with Gasteiger partial charge < -0.3 is 15.5 Å². The van der Waals surface area contributed by atoms with Crippen molar-refractivity contribution in [1.29, 1.82) is 0 Å². The van der Waals surface area contributed by atoms with Gasteiger partial charge in [0.25, 0.3) is 0 Å². The van der Waals surface area contributed by atoms with Crippen molar-refractivity contribution < 1.29 is 24.6 Å². The molecule has 21 heavy (non-hydrogen) atoms. The minimum atomic E-state index is -1.05. The van der Waals surface area contributed by atoms with Gasteiger partial charge in [0, 0.05) is 11.6 Å². The summed E-state index contributed by atoms with van der Waals surface area (Å²) in [5, 5.41) is 20.7. The van der Waals surface area contributed by atoms with Crippen LogP contribution < -0.4 is 5.32 Å². The summed E-state index contributed by atoms with van der Waals surface area (Å²) in [5.41, 5.74) is 1.09. The number of carbonyl (C=O) groups excluding carboxylic acids is 1. The Morgan fingerprint density at radius 1 is 1.14 bits per heavy atom. The smallest absolute Gasteiger partial charge is 0.336 e. The van der Waals surface area contributed by atoms with Crippen LogP contribution in [0.25, 0.3) is 0 Å². The van der Waals surface area contributed by atoms with Crippen LogP contribution in [0.15, 0.2) is 18.2 Å². The highest BCUT2D eigenvalue weighted by Gasteiger charge is 2.34. The molecule has 1 aromatic rings. The van der Waals surface area contributed by atoms with Crippen LogP contribution in [0.3, 0.4) is 0 Å². The van der Waals surface area contributed by atoms with E-state index in [-0.39, 0.29) is 17.4 Å². The zero-order valence-electron chi connectivity index (χ0n) is 11.6. The number of amides is 1. The molecule has 1 amide bonds. The Bertz CT molecular complexity index is 596. The highest BCUT2D eigenvalue weighted by molar-refractivity contribution is 5.97. The number of rotatable bonds is 4. The third-order valence-electron chi connectivity index (χ3n) is 3.97. The van der Waals surface area contributed by atoms with Crippen molar-refractivity contribution >= 4 is 23.5 Å². The molecule has 6 heteroatoms. The fourth-order valence-electron chi connectivity index (χ4n) is 2.68. The maximum absolute atomic E-state index is 12.2. The van der Waals surface area contributed by atoms with Gasteiger partial charge in [0.15, 0.2) is 0 Å². The fourth-order valence-corrected chi connectivity index (χ4v) is 2.68. The topological polar surface area (TPSA) is 104 Å². The van der Waals surface area contributed by atoms with Crippen LogP contribution in [0, 0.1) is 18.8 Å². The van der Waals surface area contributed by atoms with Crippen molar-refractivity contribution in [3.05, 3.63) is 29.3 Å². The van der Waals surface area contributed by atoms with Crippen molar-refractivity contribution in [2.75, 3.05) is 5.32 Å². The molecule has 6 nitrogen and oxygen atoms in total. The minimum absolute atomic E-state index is 0.141. The highest BCUT2D eigenvalue weighted by atomic mass is 16.4. The predicted molar refractivity (Wildman–Crippen MR) is 75.2 cm³/mol. The molecule has 1 aliphatic carbocycles. The third-order valence-corrected chi connectivity index (χ3v) is 3.97. The van der Waals surface area contributed by atoms with Crippen LogP contribution in [-0.4, -0.2) is 28.1 Å². The van der Waals surface area contributed by atoms with Gasteiger partial charge in [0.1, 0.15) is 0 Å². The van der Waals surface area contributed by atoms with Crippen molar-refractivity contribution in [2.24, 2.45) is 11.8 Å². The molecule has 0 spiro atoms. The molecule has 112 valence electrons. The number of carbonyl (C=O) groups is 3. The molecular formula is C15H17NO5. The summed E-state index contributed by atoms with van der Waals surface area (Å²) in [6, 6.07) is 4.69. The molecule has 0 aliphatic heterocycles. The van der Waals surface area contributed by atoms with Gasteiger partial charge in [0.2, 0.25) is 5.91 Å². The summed E-state index contributed by atoms with van der Waals surface area (Å²) in [5.74, 6) is -2.96. The molecule has 0 aromatic heterocycles. The Hall–Kier alpha value is -2.37. The average molecular weight is 291 g/mol. The van der Waals surface area contributed by atoms with E-state index in [1.54, 1.807) is 19.1 Å². The molecule has 0 bridgehead atoms. The van der Waals surface area contributed by atoms with Gasteiger partial charge in [-0.3, -0.25) is 9.59 Å². The second-order valence-corrected chi connectivity index (χ2v) is 5.32. The van der Waals surface area contributed by atoms with Crippen LogP contribution in [0.1, 0.15) is 35.2 Å². The summed E-state index contributed by atoms with van der Waals surface area (Å²) >= 11 is 0. The molecular weight excluding hydrogens is 274 g/mol. The lowest BCUT2D eigenvalue weighted by molar-refractivity contribution is -0.141. The minimum Gasteiger partial charge on any atom is -0.481 e. The molecule has 3 N–H and O–H groups in total. The lowest BCUT2D eigenvalue weighted by atomic mass is 10.0. The molecule has 2 unspecified atom stereocenters. The number of carboxylic acids is 2. The molecule has 1 aromatic carbocycles. The lowest BCUT2D eigenvalue weighted by Gasteiger charge is -2.14. The van der Waals surface area contributed by atoms with Crippen LogP contribution in [0.2, 0.25) is 0 Å². The van der Waals surface area contributed by atoms with Crippen molar-refractivity contribution in [2.45, 2.75) is 26.2 Å². The zero-order valence-corrected chi connectivity index (χ0v) is 11.6. The van der Waals surface area contributed by atoms with Crippen LogP contribution in [0.5, 0.6) is 0 Å². The molecule has 0 heterocycles. The monoisotopic (exact) mass is 291 g/mol. The number of hydrogen-bond acceptors (Lipinski definition) is 3. The van der Waals surface area contributed by atoms with Crippen molar-refractivity contribution in [3.8, 4) is 0 Å². The first-order valence-corrected chi connectivity index (χ1v) is 6.76. The van der Waals surface area contributed by atoms with E-state index < -0.39 is 17.9 Å². The zero-order chi connectivity index (χ0) is 15.6. The summed E-state index contributed by atoms with van der Waals surface area (Å²) in [6.07, 6.45) is 1.38. The van der Waals surface area contributed by atoms with E-state index in [1.165, 1.54) is 6.07 Å². The van der Waals surface area contributed by atoms with Gasteiger partial charge in [-0.25, -0.2) is 4.79 Å². The number of anilines is 1. The molecule has 1 aliphatic rings. The van der Waals surface area contributed by atoms with Gasteiger partial charge in [-0.15, -0.1) is 0 Å². The van der Waals surface area contributed by atoms with Crippen molar-refractivity contribution in [3.63, 3.8) is 0 Å². The standard InChI is InChI=1S/C15H17NO5/c1-8-11(15(20)21)3-2-4-12(8)16-13(17)9-5-6-10(7-9)14(18)19/h2-4,9-10H,5-7H2,1H3,(H,16,17)(H,18,19)(H,20,21). The Balaban J connectivity index is 2.09. The number of aliphatic carboxylic acids is 1. The van der Waals surface area contributed by atoms with Gasteiger partial charge in [0.05, 0.1) is 11.5 Å². The summed E-state index contributed by atoms with van der Waals surface area (Å²) in [6.45, 7) is 1.63. The van der Waals surface area contributed by atoms with E-state index in [2.05, 4.69) is 5.32 Å². The number of carboxylic acid groups (broad SMARTS) is 2. The first-order valence-electron chi connectivity index (χ1n) is 6.76. The number of benzene rings is 1. The largest absolute Gasteiger partial charge is 0.481 e. The van der Waals surface area contributed by atoms with Gasteiger partial charge in [-0.1, -0.05) is 6.07 Å². The van der Waals surface area contributed by atoms with Crippen LogP contribution in [-0.2, 0) is 9.59 Å². The van der Waals surface area contributed by atoms with Gasteiger partial charge >= 0.3 is 11.9 Å².